The topological polar surface area (TPSA) is 56.1 Å². The van der Waals surface area contributed by atoms with Crippen LogP contribution in [0.1, 0.15) is 39.4 Å². The number of para-hydroxylation sites is 1. The quantitative estimate of drug-likeness (QED) is 0.719. The van der Waals surface area contributed by atoms with Crippen LogP contribution >= 0.6 is 0 Å². The van der Waals surface area contributed by atoms with Crippen LogP contribution in [0.4, 0.5) is 9.18 Å². The van der Waals surface area contributed by atoms with Crippen molar-refractivity contribution in [3.05, 3.63) is 60.2 Å². The van der Waals surface area contributed by atoms with Gasteiger partial charge < -0.3 is 10.1 Å². The predicted molar refractivity (Wildman–Crippen MR) is 104 cm³/mol. The second kappa shape index (κ2) is 7.39. The van der Waals surface area contributed by atoms with E-state index in [1.54, 1.807) is 6.07 Å². The number of alkyl carbamates (subject to hydrolysis) is 1. The molecule has 3 aromatic rings. The number of carbonyl (C=O) groups excluding carboxylic acids is 1. The number of halogens is 1. The molecule has 1 atom stereocenters. The molecule has 6 heteroatoms. The Bertz CT molecular complexity index is 945. The summed E-state index contributed by atoms with van der Waals surface area (Å²) in [4.78, 5) is 16.6. The summed E-state index contributed by atoms with van der Waals surface area (Å²) in [6.07, 6.45) is -0.470. The highest BCUT2D eigenvalue weighted by molar-refractivity contribution is 5.78. The SMILES string of the molecule is C[C@@H](CNC(=O)OC(C)(C)C)c1nc2ccc(F)cc2n1-c1ccccc1. The highest BCUT2D eigenvalue weighted by atomic mass is 19.1. The van der Waals surface area contributed by atoms with Gasteiger partial charge in [-0.25, -0.2) is 14.2 Å². The van der Waals surface area contributed by atoms with Crippen molar-refractivity contribution in [2.24, 2.45) is 0 Å². The zero-order chi connectivity index (χ0) is 19.6. The summed E-state index contributed by atoms with van der Waals surface area (Å²) in [5.74, 6) is 0.330. The number of hydrogen-bond donors (Lipinski definition) is 1. The highest BCUT2D eigenvalue weighted by Gasteiger charge is 2.21. The van der Waals surface area contributed by atoms with Gasteiger partial charge in [0.2, 0.25) is 0 Å². The highest BCUT2D eigenvalue weighted by Crippen LogP contribution is 2.26. The Morgan fingerprint density at radius 2 is 1.93 bits per heavy atom. The Morgan fingerprint density at radius 1 is 1.22 bits per heavy atom. The average Bonchev–Trinajstić information content (AvgIpc) is 2.97. The Kier molecular flexibility index (Phi) is 5.17. The molecule has 1 aromatic heterocycles. The van der Waals surface area contributed by atoms with Gasteiger partial charge >= 0.3 is 6.09 Å². The largest absolute Gasteiger partial charge is 0.444 e. The van der Waals surface area contributed by atoms with E-state index in [0.717, 1.165) is 11.5 Å². The van der Waals surface area contributed by atoms with Crippen molar-refractivity contribution < 1.29 is 13.9 Å². The summed E-state index contributed by atoms with van der Waals surface area (Å²) in [5.41, 5.74) is 1.74. The van der Waals surface area contributed by atoms with Crippen molar-refractivity contribution >= 4 is 17.1 Å². The van der Waals surface area contributed by atoms with Gasteiger partial charge in [0, 0.05) is 24.2 Å². The number of rotatable bonds is 4. The molecular formula is C21H24FN3O2. The lowest BCUT2D eigenvalue weighted by Crippen LogP contribution is -2.34. The zero-order valence-corrected chi connectivity index (χ0v) is 16.0. The van der Waals surface area contributed by atoms with Crippen LogP contribution in [-0.2, 0) is 4.74 Å². The molecule has 0 unspecified atom stereocenters. The molecule has 0 saturated heterocycles. The van der Waals surface area contributed by atoms with Gasteiger partial charge in [0.05, 0.1) is 11.0 Å². The van der Waals surface area contributed by atoms with E-state index in [4.69, 9.17) is 4.74 Å². The van der Waals surface area contributed by atoms with E-state index in [2.05, 4.69) is 10.3 Å². The summed E-state index contributed by atoms with van der Waals surface area (Å²) in [7, 11) is 0. The van der Waals surface area contributed by atoms with E-state index in [1.807, 2.05) is 62.6 Å². The number of hydrogen-bond acceptors (Lipinski definition) is 3. The molecular weight excluding hydrogens is 345 g/mol. The summed E-state index contributed by atoms with van der Waals surface area (Å²) >= 11 is 0. The molecule has 0 aliphatic rings. The molecule has 0 fully saturated rings. The fraction of sp³-hybridized carbons (Fsp3) is 0.333. The number of carbonyl (C=O) groups is 1. The molecule has 1 amide bonds. The summed E-state index contributed by atoms with van der Waals surface area (Å²) in [6, 6.07) is 14.2. The Hall–Kier alpha value is -2.89. The van der Waals surface area contributed by atoms with Gasteiger partial charge in [0.25, 0.3) is 0 Å². The van der Waals surface area contributed by atoms with Gasteiger partial charge in [-0.05, 0) is 45.0 Å². The van der Waals surface area contributed by atoms with Gasteiger partial charge in [-0.15, -0.1) is 0 Å². The predicted octanol–water partition coefficient (Wildman–Crippen LogP) is 4.79. The number of nitrogens with one attached hydrogen (secondary N) is 1. The van der Waals surface area contributed by atoms with Gasteiger partial charge in [0.15, 0.2) is 0 Å². The Labute approximate surface area is 158 Å². The minimum absolute atomic E-state index is 0.104. The molecule has 142 valence electrons. The number of benzene rings is 2. The normalized spacial score (nSPS) is 12.8. The van der Waals surface area contributed by atoms with E-state index in [1.165, 1.54) is 12.1 Å². The first kappa shape index (κ1) is 18.9. The maximum absolute atomic E-state index is 13.8. The monoisotopic (exact) mass is 369 g/mol. The van der Waals surface area contributed by atoms with E-state index >= 15 is 0 Å². The number of ether oxygens (including phenoxy) is 1. The zero-order valence-electron chi connectivity index (χ0n) is 16.0. The van der Waals surface area contributed by atoms with E-state index < -0.39 is 11.7 Å². The summed E-state index contributed by atoms with van der Waals surface area (Å²) in [5, 5.41) is 2.78. The number of amides is 1. The second-order valence-corrected chi connectivity index (χ2v) is 7.56. The fourth-order valence-corrected chi connectivity index (χ4v) is 2.89. The van der Waals surface area contributed by atoms with Crippen molar-refractivity contribution in [3.63, 3.8) is 0 Å². The Balaban J connectivity index is 1.93. The average molecular weight is 369 g/mol. The van der Waals surface area contributed by atoms with Crippen LogP contribution in [0.15, 0.2) is 48.5 Å². The van der Waals surface area contributed by atoms with Crippen LogP contribution < -0.4 is 5.32 Å². The summed E-state index contributed by atoms with van der Waals surface area (Å²) in [6.45, 7) is 7.78. The maximum atomic E-state index is 13.8. The molecule has 0 aliphatic heterocycles. The standard InChI is InChI=1S/C21H24FN3O2/c1-14(13-23-20(26)27-21(2,3)4)19-24-17-11-10-15(22)12-18(17)25(19)16-8-6-5-7-9-16/h5-12,14H,13H2,1-4H3,(H,23,26)/t14-/m0/s1. The molecule has 27 heavy (non-hydrogen) atoms. The first-order chi connectivity index (χ1) is 12.7. The van der Waals surface area contributed by atoms with E-state index in [-0.39, 0.29) is 11.7 Å². The molecule has 0 bridgehead atoms. The molecule has 0 radical (unpaired) electrons. The van der Waals surface area contributed by atoms with Gasteiger partial charge in [-0.3, -0.25) is 4.57 Å². The first-order valence-electron chi connectivity index (χ1n) is 8.95. The lowest BCUT2D eigenvalue weighted by atomic mass is 10.1. The third-order valence-corrected chi connectivity index (χ3v) is 4.05. The smallest absolute Gasteiger partial charge is 0.407 e. The van der Waals surface area contributed by atoms with Crippen LogP contribution in [0.2, 0.25) is 0 Å². The second-order valence-electron chi connectivity index (χ2n) is 7.56. The molecule has 3 rings (SSSR count). The number of nitrogens with zero attached hydrogens (tertiary/aromatic N) is 2. The molecule has 0 saturated carbocycles. The third kappa shape index (κ3) is 4.45. The molecule has 5 nitrogen and oxygen atoms in total. The van der Waals surface area contributed by atoms with Crippen LogP contribution in [0.5, 0.6) is 0 Å². The number of aromatic nitrogens is 2. The number of imidazole rings is 1. The van der Waals surface area contributed by atoms with Gasteiger partial charge in [-0.2, -0.15) is 0 Å². The van der Waals surface area contributed by atoms with Crippen molar-refractivity contribution in [1.29, 1.82) is 0 Å². The molecule has 0 aliphatic carbocycles. The lowest BCUT2D eigenvalue weighted by Gasteiger charge is -2.21. The van der Waals surface area contributed by atoms with Crippen LogP contribution in [0, 0.1) is 5.82 Å². The summed E-state index contributed by atoms with van der Waals surface area (Å²) < 4.78 is 21.1. The van der Waals surface area contributed by atoms with Crippen molar-refractivity contribution in [3.8, 4) is 5.69 Å². The number of fused-ring (bicyclic) bond motifs is 1. The van der Waals surface area contributed by atoms with Crippen molar-refractivity contribution in [1.82, 2.24) is 14.9 Å². The minimum atomic E-state index is -0.554. The molecule has 2 aromatic carbocycles. The molecule has 0 spiro atoms. The van der Waals surface area contributed by atoms with Crippen molar-refractivity contribution in [2.45, 2.75) is 39.2 Å². The van der Waals surface area contributed by atoms with E-state index in [0.29, 0.717) is 17.6 Å². The maximum Gasteiger partial charge on any atom is 0.407 e. The van der Waals surface area contributed by atoms with Crippen LogP contribution in [0.3, 0.4) is 0 Å². The van der Waals surface area contributed by atoms with Crippen LogP contribution in [0.25, 0.3) is 16.7 Å². The van der Waals surface area contributed by atoms with Gasteiger partial charge in [-0.1, -0.05) is 25.1 Å². The Morgan fingerprint density at radius 3 is 2.59 bits per heavy atom. The third-order valence-electron chi connectivity index (χ3n) is 4.05. The van der Waals surface area contributed by atoms with Gasteiger partial charge in [0.1, 0.15) is 17.2 Å². The molecule has 1 heterocycles. The van der Waals surface area contributed by atoms with Crippen molar-refractivity contribution in [2.75, 3.05) is 6.54 Å². The molecule has 1 N–H and O–H groups in total. The van der Waals surface area contributed by atoms with Crippen LogP contribution in [-0.4, -0.2) is 27.8 Å². The fourth-order valence-electron chi connectivity index (χ4n) is 2.89. The first-order valence-corrected chi connectivity index (χ1v) is 8.95. The van der Waals surface area contributed by atoms with E-state index in [9.17, 15) is 9.18 Å². The minimum Gasteiger partial charge on any atom is -0.444 e. The lowest BCUT2D eigenvalue weighted by molar-refractivity contribution is 0.0525.